The maximum atomic E-state index is 8.58. The van der Waals surface area contributed by atoms with Crippen molar-refractivity contribution in [1.29, 1.82) is 5.26 Å². The van der Waals surface area contributed by atoms with Gasteiger partial charge in [-0.25, -0.2) is 0 Å². The van der Waals surface area contributed by atoms with Gasteiger partial charge in [0.15, 0.2) is 0 Å². The normalized spacial score (nSPS) is 10.1. The van der Waals surface area contributed by atoms with Crippen molar-refractivity contribution in [2.45, 2.75) is 13.3 Å². The van der Waals surface area contributed by atoms with E-state index in [9.17, 15) is 0 Å². The average Bonchev–Trinajstić information content (AvgIpc) is 2.34. The molecule has 0 radical (unpaired) electrons. The smallest absolute Gasteiger partial charge is 0.119 e. The topological polar surface area (TPSA) is 36.3 Å². The Morgan fingerprint density at radius 3 is 2.69 bits per heavy atom. The number of hydrogen-bond donors (Lipinski definition) is 0. The maximum Gasteiger partial charge on any atom is 0.119 e. The van der Waals surface area contributed by atoms with E-state index in [1.807, 2.05) is 30.3 Å². The van der Waals surface area contributed by atoms with Gasteiger partial charge in [0.25, 0.3) is 0 Å². The number of hydrogen-bond acceptors (Lipinski definition) is 3. The number of para-hydroxylation sites is 1. The number of ether oxygens (including phenoxy) is 1. The summed E-state index contributed by atoms with van der Waals surface area (Å²) in [6, 6.07) is 12.0. The number of rotatable bonds is 7. The Bertz CT molecular complexity index is 318. The van der Waals surface area contributed by atoms with E-state index in [1.54, 1.807) is 0 Å². The fourth-order valence-electron chi connectivity index (χ4n) is 1.44. The van der Waals surface area contributed by atoms with Crippen LogP contribution in [0.4, 0.5) is 0 Å². The molecule has 0 fully saturated rings. The SMILES string of the molecule is CCN(CC#N)CCCOc1ccccc1. The quantitative estimate of drug-likeness (QED) is 0.520. The van der Waals surface area contributed by atoms with Crippen molar-refractivity contribution >= 4 is 0 Å². The van der Waals surface area contributed by atoms with Crippen LogP contribution in [-0.4, -0.2) is 31.1 Å². The summed E-state index contributed by atoms with van der Waals surface area (Å²) in [5.74, 6) is 0.908. The summed E-state index contributed by atoms with van der Waals surface area (Å²) in [6.07, 6.45) is 0.949. The highest BCUT2D eigenvalue weighted by Crippen LogP contribution is 2.08. The summed E-state index contributed by atoms with van der Waals surface area (Å²) < 4.78 is 5.57. The van der Waals surface area contributed by atoms with Crippen LogP contribution >= 0.6 is 0 Å². The molecule has 0 aliphatic rings. The van der Waals surface area contributed by atoms with Gasteiger partial charge in [-0.15, -0.1) is 0 Å². The van der Waals surface area contributed by atoms with E-state index in [-0.39, 0.29) is 0 Å². The Hall–Kier alpha value is -1.53. The molecule has 0 aromatic heterocycles. The van der Waals surface area contributed by atoms with Crippen LogP contribution in [0.25, 0.3) is 0 Å². The monoisotopic (exact) mass is 218 g/mol. The summed E-state index contributed by atoms with van der Waals surface area (Å²) in [6.45, 7) is 5.10. The number of nitriles is 1. The number of nitrogens with zero attached hydrogens (tertiary/aromatic N) is 2. The molecule has 86 valence electrons. The first-order valence-electron chi connectivity index (χ1n) is 5.64. The standard InChI is InChI=1S/C13H18N2O/c1-2-15(11-9-14)10-6-12-16-13-7-4-3-5-8-13/h3-5,7-8H,2,6,10-12H2,1H3. The predicted octanol–water partition coefficient (Wildman–Crippen LogP) is 2.30. The zero-order chi connectivity index (χ0) is 11.6. The lowest BCUT2D eigenvalue weighted by Crippen LogP contribution is -2.25. The van der Waals surface area contributed by atoms with Crippen molar-refractivity contribution in [3.63, 3.8) is 0 Å². The van der Waals surface area contributed by atoms with Gasteiger partial charge in [-0.2, -0.15) is 5.26 Å². The van der Waals surface area contributed by atoms with E-state index in [1.165, 1.54) is 0 Å². The summed E-state index contributed by atoms with van der Waals surface area (Å²) in [7, 11) is 0. The first kappa shape index (κ1) is 12.5. The molecule has 0 atom stereocenters. The molecule has 0 amide bonds. The molecule has 0 heterocycles. The molecule has 0 saturated heterocycles. The van der Waals surface area contributed by atoms with Crippen LogP contribution in [-0.2, 0) is 0 Å². The van der Waals surface area contributed by atoms with E-state index >= 15 is 0 Å². The highest BCUT2D eigenvalue weighted by molar-refractivity contribution is 5.20. The molecule has 1 rings (SSSR count). The highest BCUT2D eigenvalue weighted by Gasteiger charge is 2.00. The van der Waals surface area contributed by atoms with Crippen molar-refractivity contribution in [3.8, 4) is 11.8 Å². The molecule has 3 nitrogen and oxygen atoms in total. The van der Waals surface area contributed by atoms with E-state index in [4.69, 9.17) is 10.00 Å². The predicted molar refractivity (Wildman–Crippen MR) is 64.3 cm³/mol. The minimum Gasteiger partial charge on any atom is -0.494 e. The van der Waals surface area contributed by atoms with E-state index in [0.717, 1.165) is 25.3 Å². The van der Waals surface area contributed by atoms with Crippen LogP contribution in [0.15, 0.2) is 30.3 Å². The Morgan fingerprint density at radius 2 is 2.06 bits per heavy atom. The first-order valence-corrected chi connectivity index (χ1v) is 5.64. The van der Waals surface area contributed by atoms with Gasteiger partial charge < -0.3 is 4.74 Å². The van der Waals surface area contributed by atoms with Crippen LogP contribution in [0.3, 0.4) is 0 Å². The maximum absolute atomic E-state index is 8.58. The fourth-order valence-corrected chi connectivity index (χ4v) is 1.44. The largest absolute Gasteiger partial charge is 0.494 e. The van der Waals surface area contributed by atoms with Gasteiger partial charge in [0.2, 0.25) is 0 Å². The molecule has 3 heteroatoms. The van der Waals surface area contributed by atoms with Gasteiger partial charge in [-0.05, 0) is 25.1 Å². The molecular weight excluding hydrogens is 200 g/mol. The minimum absolute atomic E-state index is 0.502. The van der Waals surface area contributed by atoms with Crippen LogP contribution in [0.2, 0.25) is 0 Å². The van der Waals surface area contributed by atoms with Crippen LogP contribution < -0.4 is 4.74 Å². The van der Waals surface area contributed by atoms with Crippen LogP contribution in [0.5, 0.6) is 5.75 Å². The van der Waals surface area contributed by atoms with E-state index < -0.39 is 0 Å². The second-order valence-electron chi connectivity index (χ2n) is 3.54. The number of benzene rings is 1. The second-order valence-corrected chi connectivity index (χ2v) is 3.54. The van der Waals surface area contributed by atoms with Crippen molar-refractivity contribution in [2.75, 3.05) is 26.2 Å². The molecule has 0 spiro atoms. The lowest BCUT2D eigenvalue weighted by molar-refractivity contribution is 0.257. The van der Waals surface area contributed by atoms with Gasteiger partial charge in [-0.1, -0.05) is 25.1 Å². The first-order chi connectivity index (χ1) is 7.86. The summed E-state index contributed by atoms with van der Waals surface area (Å²) in [5.41, 5.74) is 0. The molecule has 0 saturated carbocycles. The molecule has 0 bridgehead atoms. The molecule has 1 aromatic carbocycles. The highest BCUT2D eigenvalue weighted by atomic mass is 16.5. The van der Waals surface area contributed by atoms with Gasteiger partial charge in [-0.3, -0.25) is 4.90 Å². The van der Waals surface area contributed by atoms with Crippen LogP contribution in [0, 0.1) is 11.3 Å². The van der Waals surface area contributed by atoms with Gasteiger partial charge in [0, 0.05) is 6.54 Å². The second kappa shape index (κ2) is 7.72. The molecule has 0 N–H and O–H groups in total. The zero-order valence-corrected chi connectivity index (χ0v) is 9.72. The van der Waals surface area contributed by atoms with Gasteiger partial charge >= 0.3 is 0 Å². The zero-order valence-electron chi connectivity index (χ0n) is 9.72. The average molecular weight is 218 g/mol. The van der Waals surface area contributed by atoms with E-state index in [2.05, 4.69) is 17.9 Å². The molecule has 0 unspecified atom stereocenters. The van der Waals surface area contributed by atoms with Crippen molar-refractivity contribution in [3.05, 3.63) is 30.3 Å². The lowest BCUT2D eigenvalue weighted by Gasteiger charge is -2.16. The fraction of sp³-hybridized carbons (Fsp3) is 0.462. The van der Waals surface area contributed by atoms with E-state index in [0.29, 0.717) is 13.2 Å². The molecule has 1 aromatic rings. The Labute approximate surface area is 97.3 Å². The van der Waals surface area contributed by atoms with Crippen molar-refractivity contribution < 1.29 is 4.74 Å². The summed E-state index contributed by atoms with van der Waals surface area (Å²) in [4.78, 5) is 2.11. The minimum atomic E-state index is 0.502. The summed E-state index contributed by atoms with van der Waals surface area (Å²) >= 11 is 0. The summed E-state index contributed by atoms with van der Waals surface area (Å²) in [5, 5.41) is 8.58. The molecule has 0 aliphatic heterocycles. The Balaban J connectivity index is 2.14. The molecule has 16 heavy (non-hydrogen) atoms. The lowest BCUT2D eigenvalue weighted by atomic mass is 10.3. The third kappa shape index (κ3) is 4.81. The van der Waals surface area contributed by atoms with Crippen LogP contribution in [0.1, 0.15) is 13.3 Å². The third-order valence-electron chi connectivity index (χ3n) is 2.37. The van der Waals surface area contributed by atoms with Gasteiger partial charge in [0.05, 0.1) is 19.2 Å². The third-order valence-corrected chi connectivity index (χ3v) is 2.37. The Morgan fingerprint density at radius 1 is 1.31 bits per heavy atom. The van der Waals surface area contributed by atoms with Crippen molar-refractivity contribution in [1.82, 2.24) is 4.90 Å². The Kier molecular flexibility index (Phi) is 6.05. The van der Waals surface area contributed by atoms with Crippen molar-refractivity contribution in [2.24, 2.45) is 0 Å². The molecule has 0 aliphatic carbocycles. The van der Waals surface area contributed by atoms with Gasteiger partial charge in [0.1, 0.15) is 5.75 Å². The molecular formula is C13H18N2O.